The van der Waals surface area contributed by atoms with Crippen LogP contribution in [-0.2, 0) is 11.2 Å². The van der Waals surface area contributed by atoms with Crippen LogP contribution < -0.4 is 10.9 Å². The zero-order chi connectivity index (χ0) is 23.7. The van der Waals surface area contributed by atoms with Crippen LogP contribution in [0.3, 0.4) is 0 Å². The number of carbonyl (C=O) groups is 1. The van der Waals surface area contributed by atoms with E-state index in [9.17, 15) is 14.7 Å². The lowest BCUT2D eigenvalue weighted by Crippen LogP contribution is -2.41. The molecule has 0 radical (unpaired) electrons. The van der Waals surface area contributed by atoms with Gasteiger partial charge in [0.2, 0.25) is 5.91 Å². The molecule has 0 aliphatic rings. The highest BCUT2D eigenvalue weighted by Crippen LogP contribution is 2.35. The molecule has 2 N–H and O–H groups in total. The Morgan fingerprint density at radius 2 is 1.85 bits per heavy atom. The van der Waals surface area contributed by atoms with Gasteiger partial charge in [-0.1, -0.05) is 37.6 Å². The average Bonchev–Trinajstić information content (AvgIpc) is 3.19. The molecule has 1 atom stereocenters. The lowest BCUT2D eigenvalue weighted by Gasteiger charge is -2.19. The summed E-state index contributed by atoms with van der Waals surface area (Å²) < 4.78 is 11.3. The maximum absolute atomic E-state index is 12.7. The number of aryl methyl sites for hydroxylation is 1. The third-order valence-electron chi connectivity index (χ3n) is 6.09. The summed E-state index contributed by atoms with van der Waals surface area (Å²) in [7, 11) is 0. The molecule has 33 heavy (non-hydrogen) atoms. The van der Waals surface area contributed by atoms with E-state index in [1.54, 1.807) is 12.3 Å². The molecule has 2 heterocycles. The average molecular weight is 468 g/mol. The minimum atomic E-state index is -0.459. The molecule has 172 valence electrons. The van der Waals surface area contributed by atoms with Gasteiger partial charge in [-0.15, -0.1) is 0 Å². The van der Waals surface area contributed by atoms with Gasteiger partial charge in [0, 0.05) is 39.4 Å². The molecule has 0 saturated carbocycles. The summed E-state index contributed by atoms with van der Waals surface area (Å²) in [6.07, 6.45) is 2.06. The number of aliphatic hydroxyl groups excluding tert-OH is 1. The van der Waals surface area contributed by atoms with E-state index in [-0.39, 0.29) is 37.3 Å². The van der Waals surface area contributed by atoms with Gasteiger partial charge in [0.15, 0.2) is 0 Å². The standard InChI is InChI=1S/C26H26ClNO5/c1-14(2)22(12-29)28-25(30)9-8-18-15(3)19-10-20-21(16-4-6-17(27)7-5-16)13-32-23(20)11-24(19)33-26(18)31/h4-7,10-11,13-14,22,29H,8-9,12H2,1-3H3,(H,28,30)/t22-/m0/s1. The van der Waals surface area contributed by atoms with E-state index in [2.05, 4.69) is 5.32 Å². The number of nitrogens with one attached hydrogen (secondary N) is 1. The van der Waals surface area contributed by atoms with Crippen molar-refractivity contribution in [3.05, 3.63) is 69.2 Å². The maximum Gasteiger partial charge on any atom is 0.339 e. The number of hydrogen-bond donors (Lipinski definition) is 2. The van der Waals surface area contributed by atoms with E-state index >= 15 is 0 Å². The summed E-state index contributed by atoms with van der Waals surface area (Å²) in [5.41, 5.74) is 3.73. The van der Waals surface area contributed by atoms with Crippen molar-refractivity contribution in [2.24, 2.45) is 5.92 Å². The van der Waals surface area contributed by atoms with Crippen LogP contribution in [0.5, 0.6) is 0 Å². The molecule has 0 spiro atoms. The number of fused-ring (bicyclic) bond motifs is 2. The Hall–Kier alpha value is -3.09. The number of rotatable bonds is 7. The van der Waals surface area contributed by atoms with E-state index in [0.29, 0.717) is 21.8 Å². The van der Waals surface area contributed by atoms with Gasteiger partial charge in [-0.05, 0) is 48.6 Å². The van der Waals surface area contributed by atoms with E-state index in [0.717, 1.165) is 27.5 Å². The molecule has 7 heteroatoms. The first kappa shape index (κ1) is 23.1. The van der Waals surface area contributed by atoms with Crippen molar-refractivity contribution in [1.29, 1.82) is 0 Å². The molecule has 4 rings (SSSR count). The van der Waals surface area contributed by atoms with Crippen LogP contribution in [0.2, 0.25) is 5.02 Å². The molecule has 4 aromatic rings. The molecule has 0 saturated heterocycles. The number of benzene rings is 2. The zero-order valence-electron chi connectivity index (χ0n) is 18.8. The van der Waals surface area contributed by atoms with Gasteiger partial charge >= 0.3 is 5.63 Å². The highest BCUT2D eigenvalue weighted by molar-refractivity contribution is 6.30. The third kappa shape index (κ3) is 4.68. The molecule has 0 aliphatic heterocycles. The number of aliphatic hydroxyl groups is 1. The highest BCUT2D eigenvalue weighted by Gasteiger charge is 2.18. The normalized spacial score (nSPS) is 12.5. The molecule has 0 unspecified atom stereocenters. The quantitative estimate of drug-likeness (QED) is 0.363. The Bertz CT molecular complexity index is 1370. The van der Waals surface area contributed by atoms with Gasteiger partial charge in [-0.2, -0.15) is 0 Å². The molecule has 2 aromatic heterocycles. The van der Waals surface area contributed by atoms with Crippen LogP contribution in [-0.4, -0.2) is 23.7 Å². The van der Waals surface area contributed by atoms with Crippen LogP contribution in [0, 0.1) is 12.8 Å². The first-order valence-corrected chi connectivity index (χ1v) is 11.3. The van der Waals surface area contributed by atoms with Crippen molar-refractivity contribution >= 4 is 39.4 Å². The summed E-state index contributed by atoms with van der Waals surface area (Å²) >= 11 is 6.02. The summed E-state index contributed by atoms with van der Waals surface area (Å²) in [5.74, 6) is -0.101. The Balaban J connectivity index is 1.68. The van der Waals surface area contributed by atoms with E-state index < -0.39 is 5.63 Å². The third-order valence-corrected chi connectivity index (χ3v) is 6.34. The summed E-state index contributed by atoms with van der Waals surface area (Å²) in [4.78, 5) is 25.0. The lowest BCUT2D eigenvalue weighted by atomic mass is 9.98. The second-order valence-corrected chi connectivity index (χ2v) is 9.03. The minimum absolute atomic E-state index is 0.110. The lowest BCUT2D eigenvalue weighted by molar-refractivity contribution is -0.122. The smallest absolute Gasteiger partial charge is 0.339 e. The molecule has 0 bridgehead atoms. The second-order valence-electron chi connectivity index (χ2n) is 8.59. The van der Waals surface area contributed by atoms with E-state index in [1.165, 1.54) is 0 Å². The van der Waals surface area contributed by atoms with Crippen molar-refractivity contribution in [3.8, 4) is 11.1 Å². The van der Waals surface area contributed by atoms with Crippen LogP contribution in [0.1, 0.15) is 31.4 Å². The van der Waals surface area contributed by atoms with Crippen molar-refractivity contribution < 1.29 is 18.7 Å². The molecule has 0 fully saturated rings. The van der Waals surface area contributed by atoms with Crippen LogP contribution in [0.15, 0.2) is 56.3 Å². The van der Waals surface area contributed by atoms with Gasteiger partial charge in [-0.3, -0.25) is 4.79 Å². The van der Waals surface area contributed by atoms with Gasteiger partial charge in [0.05, 0.1) is 18.9 Å². The number of carbonyl (C=O) groups excluding carboxylic acids is 1. The monoisotopic (exact) mass is 467 g/mol. The zero-order valence-corrected chi connectivity index (χ0v) is 19.5. The number of furan rings is 1. The largest absolute Gasteiger partial charge is 0.464 e. The minimum Gasteiger partial charge on any atom is -0.464 e. The van der Waals surface area contributed by atoms with Crippen LogP contribution in [0.25, 0.3) is 33.1 Å². The Morgan fingerprint density at radius 1 is 1.12 bits per heavy atom. The molecule has 6 nitrogen and oxygen atoms in total. The molecule has 0 aliphatic carbocycles. The number of halogens is 1. The molecular weight excluding hydrogens is 442 g/mol. The van der Waals surface area contributed by atoms with Crippen LogP contribution in [0.4, 0.5) is 0 Å². The number of amides is 1. The highest BCUT2D eigenvalue weighted by atomic mass is 35.5. The predicted octanol–water partition coefficient (Wildman–Crippen LogP) is 5.23. The maximum atomic E-state index is 12.7. The van der Waals surface area contributed by atoms with E-state index in [1.807, 2.05) is 51.1 Å². The van der Waals surface area contributed by atoms with Gasteiger partial charge in [0.1, 0.15) is 11.2 Å². The fourth-order valence-corrected chi connectivity index (χ4v) is 4.12. The molecule has 2 aromatic carbocycles. The van der Waals surface area contributed by atoms with Crippen molar-refractivity contribution in [2.75, 3.05) is 6.61 Å². The fraction of sp³-hybridized carbons (Fsp3) is 0.308. The Kier molecular flexibility index (Phi) is 6.58. The fourth-order valence-electron chi connectivity index (χ4n) is 3.99. The summed E-state index contributed by atoms with van der Waals surface area (Å²) in [6, 6.07) is 10.9. The molecule has 1 amide bonds. The first-order chi connectivity index (χ1) is 15.8. The SMILES string of the molecule is Cc1c(CCC(=O)N[C@@H](CO)C(C)C)c(=O)oc2cc3occ(-c4ccc(Cl)cc4)c3cc12. The van der Waals surface area contributed by atoms with Gasteiger partial charge in [0.25, 0.3) is 0 Å². The topological polar surface area (TPSA) is 92.7 Å². The van der Waals surface area contributed by atoms with Gasteiger partial charge in [-0.25, -0.2) is 4.79 Å². The Morgan fingerprint density at radius 3 is 2.52 bits per heavy atom. The van der Waals surface area contributed by atoms with Crippen LogP contribution >= 0.6 is 11.6 Å². The van der Waals surface area contributed by atoms with Crippen molar-refractivity contribution in [1.82, 2.24) is 5.32 Å². The summed E-state index contributed by atoms with van der Waals surface area (Å²) in [5, 5.41) is 14.6. The van der Waals surface area contributed by atoms with Gasteiger partial charge < -0.3 is 19.3 Å². The van der Waals surface area contributed by atoms with Crippen molar-refractivity contribution in [3.63, 3.8) is 0 Å². The van der Waals surface area contributed by atoms with E-state index in [4.69, 9.17) is 20.4 Å². The molecular formula is C26H26ClNO5. The summed E-state index contributed by atoms with van der Waals surface area (Å²) in [6.45, 7) is 5.60. The Labute approximate surface area is 196 Å². The first-order valence-electron chi connectivity index (χ1n) is 10.9. The second kappa shape index (κ2) is 9.41. The predicted molar refractivity (Wildman–Crippen MR) is 130 cm³/mol. The van der Waals surface area contributed by atoms with Crippen molar-refractivity contribution in [2.45, 2.75) is 39.7 Å². The number of hydrogen-bond acceptors (Lipinski definition) is 5.